The first-order valence-corrected chi connectivity index (χ1v) is 9.23. The van der Waals surface area contributed by atoms with Crippen LogP contribution in [0, 0.1) is 17.7 Å². The largest absolute Gasteiger partial charge is 0.378 e. The summed E-state index contributed by atoms with van der Waals surface area (Å²) in [7, 11) is 0. The highest BCUT2D eigenvalue weighted by atomic mass is 19.1. The Labute approximate surface area is 158 Å². The van der Waals surface area contributed by atoms with Gasteiger partial charge in [-0.05, 0) is 43.4 Å². The van der Waals surface area contributed by atoms with Crippen LogP contribution in [-0.4, -0.2) is 27.2 Å². The minimum atomic E-state index is -0.884. The van der Waals surface area contributed by atoms with Gasteiger partial charge in [0.1, 0.15) is 5.60 Å². The number of benzene rings is 1. The molecule has 6 heteroatoms. The molecule has 0 radical (unpaired) electrons. The van der Waals surface area contributed by atoms with Gasteiger partial charge in [0.05, 0.1) is 6.20 Å². The lowest BCUT2D eigenvalue weighted by atomic mass is 9.86. The van der Waals surface area contributed by atoms with Crippen LogP contribution in [0.4, 0.5) is 21.8 Å². The van der Waals surface area contributed by atoms with E-state index in [1.54, 1.807) is 0 Å². The summed E-state index contributed by atoms with van der Waals surface area (Å²) in [6, 6.07) is 5.92. The molecule has 1 aromatic carbocycles. The van der Waals surface area contributed by atoms with E-state index < -0.39 is 11.4 Å². The normalized spacial score (nSPS) is 19.5. The quantitative estimate of drug-likeness (QED) is 0.758. The highest BCUT2D eigenvalue weighted by Gasteiger charge is 2.37. The molecule has 1 aliphatic heterocycles. The summed E-state index contributed by atoms with van der Waals surface area (Å²) >= 11 is 0. The first-order chi connectivity index (χ1) is 12.8. The van der Waals surface area contributed by atoms with Crippen LogP contribution in [0.25, 0.3) is 0 Å². The van der Waals surface area contributed by atoms with E-state index in [1.807, 2.05) is 23.1 Å². The van der Waals surface area contributed by atoms with Gasteiger partial charge in [0.15, 0.2) is 11.6 Å². The van der Waals surface area contributed by atoms with Crippen molar-refractivity contribution in [2.24, 2.45) is 0 Å². The number of hydrogen-bond acceptors (Lipinski definition) is 5. The van der Waals surface area contributed by atoms with Gasteiger partial charge in [-0.3, -0.25) is 0 Å². The van der Waals surface area contributed by atoms with Crippen LogP contribution in [0.15, 0.2) is 24.4 Å². The second-order valence-corrected chi connectivity index (χ2v) is 8.09. The van der Waals surface area contributed by atoms with Gasteiger partial charge in [0.2, 0.25) is 5.95 Å². The molecule has 1 aromatic heterocycles. The van der Waals surface area contributed by atoms with Crippen molar-refractivity contribution in [3.05, 3.63) is 41.3 Å². The van der Waals surface area contributed by atoms with E-state index in [4.69, 9.17) is 5.73 Å². The molecule has 27 heavy (non-hydrogen) atoms. The maximum atomic E-state index is 14.4. The fraction of sp³-hybridized carbons (Fsp3) is 0.429. The zero-order valence-corrected chi connectivity index (χ0v) is 15.6. The molecule has 0 unspecified atom stereocenters. The van der Waals surface area contributed by atoms with Crippen molar-refractivity contribution in [1.82, 2.24) is 9.97 Å². The molecule has 140 valence electrons. The van der Waals surface area contributed by atoms with Crippen LogP contribution in [0.1, 0.15) is 50.7 Å². The Morgan fingerprint density at radius 1 is 1.26 bits per heavy atom. The molecule has 0 atom stereocenters. The number of aromatic nitrogens is 2. The standard InChI is InChI=1S/C21H23FN4O/c1-20(2)13-26(18-16(22)12-24-19(23)25-18)17-11-14(5-6-15(17)20)7-10-21(27)8-3-4-9-21/h5-6,11-12,27H,3-4,8-9,13H2,1-2H3,(H2,23,24,25). The lowest BCUT2D eigenvalue weighted by Crippen LogP contribution is -2.26. The summed E-state index contributed by atoms with van der Waals surface area (Å²) < 4.78 is 14.4. The van der Waals surface area contributed by atoms with Gasteiger partial charge < -0.3 is 15.7 Å². The third-order valence-electron chi connectivity index (χ3n) is 5.44. The van der Waals surface area contributed by atoms with Crippen LogP contribution >= 0.6 is 0 Å². The average Bonchev–Trinajstić information content (AvgIpc) is 3.17. The topological polar surface area (TPSA) is 75.3 Å². The van der Waals surface area contributed by atoms with Crippen molar-refractivity contribution in [3.8, 4) is 11.8 Å². The molecule has 3 N–H and O–H groups in total. The van der Waals surface area contributed by atoms with Crippen molar-refractivity contribution in [2.75, 3.05) is 17.2 Å². The molecule has 1 saturated carbocycles. The highest BCUT2D eigenvalue weighted by molar-refractivity contribution is 5.72. The van der Waals surface area contributed by atoms with E-state index in [0.717, 1.165) is 48.7 Å². The Morgan fingerprint density at radius 3 is 2.74 bits per heavy atom. The molecule has 0 spiro atoms. The summed E-state index contributed by atoms with van der Waals surface area (Å²) in [6.45, 7) is 4.80. The third kappa shape index (κ3) is 3.24. The van der Waals surface area contributed by atoms with Crippen LogP contribution in [0.3, 0.4) is 0 Å². The molecule has 5 nitrogen and oxygen atoms in total. The van der Waals surface area contributed by atoms with Gasteiger partial charge in [-0.25, -0.2) is 9.37 Å². The molecule has 2 heterocycles. The molecule has 2 aliphatic rings. The van der Waals surface area contributed by atoms with Crippen molar-refractivity contribution < 1.29 is 9.50 Å². The zero-order valence-electron chi connectivity index (χ0n) is 15.6. The van der Waals surface area contributed by atoms with Gasteiger partial charge in [-0.2, -0.15) is 4.98 Å². The highest BCUT2D eigenvalue weighted by Crippen LogP contribution is 2.44. The molecular weight excluding hydrogens is 343 g/mol. The number of hydrogen-bond donors (Lipinski definition) is 2. The molecular formula is C21H23FN4O. The van der Waals surface area contributed by atoms with E-state index in [0.29, 0.717) is 6.54 Å². The molecule has 2 aromatic rings. The lowest BCUT2D eigenvalue weighted by molar-refractivity contribution is 0.110. The first kappa shape index (κ1) is 17.7. The zero-order chi connectivity index (χ0) is 19.2. The Bertz CT molecular complexity index is 954. The van der Waals surface area contributed by atoms with E-state index in [9.17, 15) is 9.50 Å². The lowest BCUT2D eigenvalue weighted by Gasteiger charge is -2.21. The Balaban J connectivity index is 1.76. The van der Waals surface area contributed by atoms with E-state index >= 15 is 0 Å². The summed E-state index contributed by atoms with van der Waals surface area (Å²) in [6.07, 6.45) is 4.55. The number of anilines is 3. The summed E-state index contributed by atoms with van der Waals surface area (Å²) in [5.74, 6) is 5.84. The number of aliphatic hydroxyl groups is 1. The number of nitrogens with two attached hydrogens (primary N) is 1. The Kier molecular flexibility index (Phi) is 4.08. The average molecular weight is 366 g/mol. The van der Waals surface area contributed by atoms with Crippen molar-refractivity contribution >= 4 is 17.5 Å². The second-order valence-electron chi connectivity index (χ2n) is 8.09. The third-order valence-corrected chi connectivity index (χ3v) is 5.44. The molecule has 0 saturated heterocycles. The van der Waals surface area contributed by atoms with Crippen LogP contribution in [-0.2, 0) is 5.41 Å². The molecule has 1 aliphatic carbocycles. The maximum absolute atomic E-state index is 14.4. The van der Waals surface area contributed by atoms with E-state index in [2.05, 4.69) is 35.7 Å². The van der Waals surface area contributed by atoms with E-state index in [1.165, 1.54) is 0 Å². The molecule has 1 fully saturated rings. The van der Waals surface area contributed by atoms with Gasteiger partial charge in [-0.1, -0.05) is 31.8 Å². The summed E-state index contributed by atoms with van der Waals surface area (Å²) in [4.78, 5) is 9.66. The minimum Gasteiger partial charge on any atom is -0.378 e. The molecule has 0 bridgehead atoms. The molecule has 4 rings (SSSR count). The Morgan fingerprint density at radius 2 is 2.00 bits per heavy atom. The second kappa shape index (κ2) is 6.21. The fourth-order valence-electron chi connectivity index (χ4n) is 3.99. The van der Waals surface area contributed by atoms with E-state index in [-0.39, 0.29) is 17.2 Å². The fourth-order valence-corrected chi connectivity index (χ4v) is 3.99. The number of halogens is 1. The van der Waals surface area contributed by atoms with Crippen LogP contribution in [0.2, 0.25) is 0 Å². The number of rotatable bonds is 1. The van der Waals surface area contributed by atoms with Crippen LogP contribution < -0.4 is 10.6 Å². The predicted octanol–water partition coefficient (Wildman–Crippen LogP) is 3.28. The van der Waals surface area contributed by atoms with Crippen molar-refractivity contribution in [1.29, 1.82) is 0 Å². The summed E-state index contributed by atoms with van der Waals surface area (Å²) in [5, 5.41) is 10.5. The smallest absolute Gasteiger partial charge is 0.222 e. The minimum absolute atomic E-state index is 0.0389. The van der Waals surface area contributed by atoms with Crippen molar-refractivity contribution in [2.45, 2.75) is 50.5 Å². The van der Waals surface area contributed by atoms with Gasteiger partial charge in [-0.15, -0.1) is 0 Å². The monoisotopic (exact) mass is 366 g/mol. The van der Waals surface area contributed by atoms with Crippen molar-refractivity contribution in [3.63, 3.8) is 0 Å². The van der Waals surface area contributed by atoms with Gasteiger partial charge in [0.25, 0.3) is 0 Å². The first-order valence-electron chi connectivity index (χ1n) is 9.23. The maximum Gasteiger partial charge on any atom is 0.222 e. The van der Waals surface area contributed by atoms with Gasteiger partial charge in [0, 0.05) is 23.2 Å². The number of nitrogen functional groups attached to an aromatic ring is 1. The predicted molar refractivity (Wildman–Crippen MR) is 103 cm³/mol. The van der Waals surface area contributed by atoms with Gasteiger partial charge >= 0.3 is 0 Å². The number of nitrogens with zero attached hydrogens (tertiary/aromatic N) is 3. The summed E-state index contributed by atoms with van der Waals surface area (Å²) in [5.41, 5.74) is 7.38. The Hall–Kier alpha value is -2.65. The van der Waals surface area contributed by atoms with Crippen LogP contribution in [0.5, 0.6) is 0 Å². The molecule has 0 amide bonds. The number of fused-ring (bicyclic) bond motifs is 1. The SMILES string of the molecule is CC1(C)CN(c2nc(N)ncc2F)c2cc(C#CC3(O)CCCC3)ccc21.